The summed E-state index contributed by atoms with van der Waals surface area (Å²) in [5.41, 5.74) is 0.445. The number of hydrogen-bond donors (Lipinski definition) is 0. The predicted octanol–water partition coefficient (Wildman–Crippen LogP) is 4.72. The van der Waals surface area contributed by atoms with Gasteiger partial charge in [-0.2, -0.15) is 0 Å². The van der Waals surface area contributed by atoms with Crippen LogP contribution in [-0.4, -0.2) is 46.5 Å². The van der Waals surface area contributed by atoms with Crippen molar-refractivity contribution < 1.29 is 14.3 Å². The van der Waals surface area contributed by atoms with Gasteiger partial charge in [-0.05, 0) is 59.1 Å². The third kappa shape index (κ3) is 6.13. The summed E-state index contributed by atoms with van der Waals surface area (Å²) in [6.07, 6.45) is 1.01. The Morgan fingerprint density at radius 2 is 1.81 bits per heavy atom. The first-order valence-corrected chi connectivity index (χ1v) is 9.98. The number of halogens is 1. The van der Waals surface area contributed by atoms with Gasteiger partial charge in [0.15, 0.2) is 0 Å². The summed E-state index contributed by atoms with van der Waals surface area (Å²) in [4.78, 5) is 28.9. The summed E-state index contributed by atoms with van der Waals surface area (Å²) in [6, 6.07) is 7.70. The number of rotatable bonds is 4. The fraction of sp³-hybridized carbons (Fsp3) is 0.619. The monoisotopic (exact) mass is 394 g/mol. The van der Waals surface area contributed by atoms with Crippen molar-refractivity contribution in [2.24, 2.45) is 5.92 Å². The molecule has 5 nitrogen and oxygen atoms in total. The summed E-state index contributed by atoms with van der Waals surface area (Å²) in [5.74, 6) is 0.0577. The van der Waals surface area contributed by atoms with Gasteiger partial charge in [0.05, 0.1) is 0 Å². The average molecular weight is 395 g/mol. The molecule has 0 spiro atoms. The zero-order chi connectivity index (χ0) is 20.2. The van der Waals surface area contributed by atoms with Gasteiger partial charge < -0.3 is 14.5 Å². The van der Waals surface area contributed by atoms with E-state index in [0.717, 1.165) is 5.56 Å². The molecule has 0 atom stereocenters. The molecule has 2 amide bonds. The zero-order valence-electron chi connectivity index (χ0n) is 17.0. The molecule has 0 bridgehead atoms. The standard InChI is InChI=1S/C21H31ClN2O3/c1-15(2)24(14-17-8-6-7-9-18(17)22)19(25)16-10-12-23(13-11-16)20(26)27-21(3,4)5/h6-9,15-16H,10-14H2,1-5H3. The molecule has 0 saturated carbocycles. The number of ether oxygens (including phenoxy) is 1. The van der Waals surface area contributed by atoms with Crippen molar-refractivity contribution in [3.05, 3.63) is 34.9 Å². The summed E-state index contributed by atoms with van der Waals surface area (Å²) < 4.78 is 5.43. The molecule has 1 aliphatic heterocycles. The Balaban J connectivity index is 1.98. The quantitative estimate of drug-likeness (QED) is 0.742. The van der Waals surface area contributed by atoms with Crippen molar-refractivity contribution in [1.82, 2.24) is 9.80 Å². The van der Waals surface area contributed by atoms with Gasteiger partial charge in [-0.3, -0.25) is 4.79 Å². The number of piperidine rings is 1. The Morgan fingerprint density at radius 1 is 1.22 bits per heavy atom. The first kappa shape index (κ1) is 21.5. The minimum atomic E-state index is -0.507. The Hall–Kier alpha value is -1.75. The third-order valence-corrected chi connectivity index (χ3v) is 5.07. The van der Waals surface area contributed by atoms with E-state index in [9.17, 15) is 9.59 Å². The summed E-state index contributed by atoms with van der Waals surface area (Å²) >= 11 is 6.27. The maximum Gasteiger partial charge on any atom is 0.410 e. The second kappa shape index (κ2) is 8.96. The lowest BCUT2D eigenvalue weighted by Crippen LogP contribution is -2.47. The van der Waals surface area contributed by atoms with Crippen LogP contribution in [0, 0.1) is 5.92 Å². The molecule has 0 aliphatic carbocycles. The van der Waals surface area contributed by atoms with Crippen molar-refractivity contribution in [2.75, 3.05) is 13.1 Å². The van der Waals surface area contributed by atoms with Crippen molar-refractivity contribution >= 4 is 23.6 Å². The molecule has 0 unspecified atom stereocenters. The van der Waals surface area contributed by atoms with Gasteiger partial charge in [-0.15, -0.1) is 0 Å². The van der Waals surface area contributed by atoms with Crippen molar-refractivity contribution in [3.8, 4) is 0 Å². The maximum absolute atomic E-state index is 13.1. The number of nitrogens with zero attached hydrogens (tertiary/aromatic N) is 2. The fourth-order valence-corrected chi connectivity index (χ4v) is 3.39. The molecule has 1 fully saturated rings. The van der Waals surface area contributed by atoms with Crippen LogP contribution in [0.2, 0.25) is 5.02 Å². The number of amides is 2. The second-order valence-corrected chi connectivity index (χ2v) is 8.80. The molecule has 6 heteroatoms. The molecule has 1 heterocycles. The van der Waals surface area contributed by atoms with E-state index in [0.29, 0.717) is 37.5 Å². The summed E-state index contributed by atoms with van der Waals surface area (Å²) in [5, 5.41) is 0.677. The minimum Gasteiger partial charge on any atom is -0.444 e. The number of likely N-dealkylation sites (tertiary alicyclic amines) is 1. The van der Waals surface area contributed by atoms with E-state index in [2.05, 4.69) is 0 Å². The van der Waals surface area contributed by atoms with E-state index >= 15 is 0 Å². The average Bonchev–Trinajstić information content (AvgIpc) is 2.59. The first-order valence-electron chi connectivity index (χ1n) is 9.60. The molecule has 1 aromatic carbocycles. The Bertz CT molecular complexity index is 662. The SMILES string of the molecule is CC(C)N(Cc1ccccc1Cl)C(=O)C1CCN(C(=O)OC(C)(C)C)CC1. The van der Waals surface area contributed by atoms with E-state index in [1.807, 2.05) is 63.8 Å². The summed E-state index contributed by atoms with van der Waals surface area (Å²) in [6.45, 7) is 11.2. The third-order valence-electron chi connectivity index (χ3n) is 4.70. The van der Waals surface area contributed by atoms with Gasteiger partial charge in [-0.1, -0.05) is 29.8 Å². The molecule has 1 aliphatic rings. The highest BCUT2D eigenvalue weighted by molar-refractivity contribution is 6.31. The van der Waals surface area contributed by atoms with Crippen LogP contribution in [0.5, 0.6) is 0 Å². The largest absolute Gasteiger partial charge is 0.444 e. The Kier molecular flexibility index (Phi) is 7.15. The smallest absolute Gasteiger partial charge is 0.410 e. The molecule has 1 saturated heterocycles. The normalized spacial score (nSPS) is 15.7. The molecule has 0 radical (unpaired) electrons. The molecule has 1 aromatic rings. The molecule has 0 N–H and O–H groups in total. The van der Waals surface area contributed by atoms with E-state index in [-0.39, 0.29) is 24.0 Å². The van der Waals surface area contributed by atoms with Gasteiger partial charge in [0.25, 0.3) is 0 Å². The van der Waals surface area contributed by atoms with Gasteiger partial charge in [-0.25, -0.2) is 4.79 Å². The Morgan fingerprint density at radius 3 is 2.33 bits per heavy atom. The van der Waals surface area contributed by atoms with Crippen LogP contribution >= 0.6 is 11.6 Å². The molecule has 150 valence electrons. The van der Waals surface area contributed by atoms with Gasteiger partial charge in [0.1, 0.15) is 5.60 Å². The van der Waals surface area contributed by atoms with E-state index in [4.69, 9.17) is 16.3 Å². The van der Waals surface area contributed by atoms with E-state index in [1.165, 1.54) is 0 Å². The van der Waals surface area contributed by atoms with Crippen LogP contribution < -0.4 is 0 Å². The van der Waals surface area contributed by atoms with Gasteiger partial charge in [0, 0.05) is 36.6 Å². The van der Waals surface area contributed by atoms with Crippen molar-refractivity contribution in [1.29, 1.82) is 0 Å². The highest BCUT2D eigenvalue weighted by atomic mass is 35.5. The molecular weight excluding hydrogens is 364 g/mol. The van der Waals surface area contributed by atoms with Crippen LogP contribution in [0.1, 0.15) is 53.0 Å². The number of benzene rings is 1. The van der Waals surface area contributed by atoms with Crippen molar-refractivity contribution in [2.45, 2.75) is 65.6 Å². The first-order chi connectivity index (χ1) is 12.6. The molecule has 27 heavy (non-hydrogen) atoms. The summed E-state index contributed by atoms with van der Waals surface area (Å²) in [7, 11) is 0. The lowest BCUT2D eigenvalue weighted by atomic mass is 9.94. The van der Waals surface area contributed by atoms with Gasteiger partial charge in [0.2, 0.25) is 5.91 Å². The highest BCUT2D eigenvalue weighted by Crippen LogP contribution is 2.25. The van der Waals surface area contributed by atoms with Gasteiger partial charge >= 0.3 is 6.09 Å². The molecule has 0 aromatic heterocycles. The lowest BCUT2D eigenvalue weighted by molar-refractivity contribution is -0.139. The topological polar surface area (TPSA) is 49.9 Å². The molecule has 2 rings (SSSR count). The predicted molar refractivity (Wildman–Crippen MR) is 108 cm³/mol. The fourth-order valence-electron chi connectivity index (χ4n) is 3.20. The van der Waals surface area contributed by atoms with Crippen LogP contribution in [0.15, 0.2) is 24.3 Å². The Labute approximate surface area is 167 Å². The zero-order valence-corrected chi connectivity index (χ0v) is 17.8. The minimum absolute atomic E-state index is 0.0754. The van der Waals surface area contributed by atoms with Crippen LogP contribution in [0.3, 0.4) is 0 Å². The maximum atomic E-state index is 13.1. The number of carbonyl (C=O) groups excluding carboxylic acids is 2. The highest BCUT2D eigenvalue weighted by Gasteiger charge is 2.33. The van der Waals surface area contributed by atoms with Crippen LogP contribution in [0.25, 0.3) is 0 Å². The van der Waals surface area contributed by atoms with Crippen LogP contribution in [0.4, 0.5) is 4.79 Å². The number of hydrogen-bond acceptors (Lipinski definition) is 3. The van der Waals surface area contributed by atoms with E-state index < -0.39 is 5.60 Å². The second-order valence-electron chi connectivity index (χ2n) is 8.39. The van der Waals surface area contributed by atoms with Crippen molar-refractivity contribution in [3.63, 3.8) is 0 Å². The molecular formula is C21H31ClN2O3. The lowest BCUT2D eigenvalue weighted by Gasteiger charge is -2.36. The van der Waals surface area contributed by atoms with E-state index in [1.54, 1.807) is 4.90 Å². The number of carbonyl (C=O) groups is 2. The van der Waals surface area contributed by atoms with Crippen LogP contribution in [-0.2, 0) is 16.1 Å².